The number of aromatic nitrogens is 1. The fourth-order valence-electron chi connectivity index (χ4n) is 1.74. The van der Waals surface area contributed by atoms with Gasteiger partial charge in [-0.1, -0.05) is 66.0 Å². The van der Waals surface area contributed by atoms with Gasteiger partial charge in [-0.25, -0.2) is 10.4 Å². The molecule has 0 unspecified atom stereocenters. The topological polar surface area (TPSA) is 80.4 Å². The molecular formula is C15H13Cl3N4O. The lowest BCUT2D eigenvalue weighted by molar-refractivity contribution is 0.0950. The van der Waals surface area contributed by atoms with E-state index in [2.05, 4.69) is 22.4 Å². The number of pyridine rings is 1. The van der Waals surface area contributed by atoms with E-state index in [0.717, 1.165) is 12.0 Å². The van der Waals surface area contributed by atoms with E-state index in [1.807, 2.05) is 24.3 Å². The molecule has 0 fully saturated rings. The number of benzene rings is 1. The molecule has 0 aliphatic carbocycles. The van der Waals surface area contributed by atoms with Crippen LogP contribution in [0.4, 0.5) is 5.69 Å². The van der Waals surface area contributed by atoms with Crippen molar-refractivity contribution in [2.75, 3.05) is 5.73 Å². The van der Waals surface area contributed by atoms with Crippen LogP contribution in [0, 0.1) is 0 Å². The molecule has 0 aliphatic heterocycles. The second kappa shape index (κ2) is 7.64. The lowest BCUT2D eigenvalue weighted by Gasteiger charge is -2.07. The number of amides is 1. The summed E-state index contributed by atoms with van der Waals surface area (Å²) in [7, 11) is 0. The number of rotatable bonds is 4. The van der Waals surface area contributed by atoms with E-state index in [9.17, 15) is 4.79 Å². The van der Waals surface area contributed by atoms with E-state index < -0.39 is 5.91 Å². The first-order chi connectivity index (χ1) is 10.9. The number of hydrogen-bond donors (Lipinski definition) is 2. The van der Waals surface area contributed by atoms with E-state index in [-0.39, 0.29) is 26.6 Å². The number of hydrogen-bond acceptors (Lipinski definition) is 4. The monoisotopic (exact) mass is 370 g/mol. The van der Waals surface area contributed by atoms with Crippen molar-refractivity contribution in [1.29, 1.82) is 0 Å². The fourth-order valence-corrected chi connectivity index (χ4v) is 2.33. The minimum Gasteiger partial charge on any atom is -0.396 e. The Morgan fingerprint density at radius 2 is 1.91 bits per heavy atom. The van der Waals surface area contributed by atoms with Gasteiger partial charge in [-0.15, -0.1) is 0 Å². The largest absolute Gasteiger partial charge is 0.396 e. The number of carbonyl (C=O) groups excluding carboxylic acids is 1. The predicted molar refractivity (Wildman–Crippen MR) is 94.6 cm³/mol. The quantitative estimate of drug-likeness (QED) is 0.485. The number of halogens is 3. The van der Waals surface area contributed by atoms with E-state index in [1.54, 1.807) is 0 Å². The normalized spacial score (nSPS) is 11.0. The molecule has 0 saturated heterocycles. The van der Waals surface area contributed by atoms with E-state index in [1.165, 1.54) is 11.8 Å². The number of nitrogen functional groups attached to an aromatic ring is 1. The van der Waals surface area contributed by atoms with Crippen LogP contribution in [0.25, 0.3) is 0 Å². The second-order valence-corrected chi connectivity index (χ2v) is 5.70. The molecule has 5 nitrogen and oxygen atoms in total. The number of nitrogens with one attached hydrogen (secondary N) is 1. The first-order valence-electron chi connectivity index (χ1n) is 6.66. The third-order valence-electron chi connectivity index (χ3n) is 3.05. The van der Waals surface area contributed by atoms with Crippen molar-refractivity contribution >= 4 is 52.6 Å². The molecule has 1 aromatic carbocycles. The third-order valence-corrected chi connectivity index (χ3v) is 4.19. The summed E-state index contributed by atoms with van der Waals surface area (Å²) in [6.45, 7) is 2.07. The summed E-state index contributed by atoms with van der Waals surface area (Å²) in [6, 6.07) is 7.77. The van der Waals surface area contributed by atoms with Crippen molar-refractivity contribution in [3.8, 4) is 0 Å². The molecule has 1 aromatic heterocycles. The predicted octanol–water partition coefficient (Wildman–Crippen LogP) is 3.95. The highest BCUT2D eigenvalue weighted by Crippen LogP contribution is 2.34. The van der Waals surface area contributed by atoms with Gasteiger partial charge in [-0.05, 0) is 17.5 Å². The Bertz CT molecular complexity index is 760. The van der Waals surface area contributed by atoms with Gasteiger partial charge in [0.05, 0.1) is 16.9 Å². The molecule has 0 atom stereocenters. The smallest absolute Gasteiger partial charge is 0.291 e. The standard InChI is InChI=1S/C15H13Cl3N4O/c1-2-8-3-5-9(6-4-8)7-20-22-15(23)13-10(16)12(19)11(17)14(18)21-13/h3-7H,2H2,1H3,(H2,19,21)(H,22,23). The second-order valence-electron chi connectivity index (χ2n) is 4.59. The maximum atomic E-state index is 12.0. The van der Waals surface area contributed by atoms with Crippen LogP contribution in [-0.2, 0) is 6.42 Å². The lowest BCUT2D eigenvalue weighted by Crippen LogP contribution is -2.20. The highest BCUT2D eigenvalue weighted by molar-refractivity contribution is 6.46. The van der Waals surface area contributed by atoms with Crippen LogP contribution in [0.5, 0.6) is 0 Å². The van der Waals surface area contributed by atoms with Gasteiger partial charge in [0.25, 0.3) is 5.91 Å². The van der Waals surface area contributed by atoms with Crippen LogP contribution in [0.3, 0.4) is 0 Å². The van der Waals surface area contributed by atoms with Crippen molar-refractivity contribution in [2.45, 2.75) is 13.3 Å². The van der Waals surface area contributed by atoms with Gasteiger partial charge in [-0.2, -0.15) is 5.10 Å². The molecule has 23 heavy (non-hydrogen) atoms. The average molecular weight is 372 g/mol. The Morgan fingerprint density at radius 1 is 1.26 bits per heavy atom. The zero-order valence-electron chi connectivity index (χ0n) is 12.1. The molecule has 0 radical (unpaired) electrons. The highest BCUT2D eigenvalue weighted by Gasteiger charge is 2.19. The summed E-state index contributed by atoms with van der Waals surface area (Å²) in [6.07, 6.45) is 2.46. The summed E-state index contributed by atoms with van der Waals surface area (Å²) in [4.78, 5) is 15.9. The van der Waals surface area contributed by atoms with Crippen molar-refractivity contribution in [3.05, 3.63) is 56.3 Å². The Kier molecular flexibility index (Phi) is 5.82. The van der Waals surface area contributed by atoms with Crippen LogP contribution in [0.15, 0.2) is 29.4 Å². The average Bonchev–Trinajstić information content (AvgIpc) is 2.56. The van der Waals surface area contributed by atoms with Crippen LogP contribution in [0.2, 0.25) is 15.2 Å². The van der Waals surface area contributed by atoms with E-state index >= 15 is 0 Å². The summed E-state index contributed by atoms with van der Waals surface area (Å²) in [5, 5.41) is 3.69. The Hall–Kier alpha value is -1.82. The van der Waals surface area contributed by atoms with Gasteiger partial charge in [0.1, 0.15) is 5.02 Å². The molecule has 1 heterocycles. The SMILES string of the molecule is CCc1ccc(C=NNC(=O)c2nc(Cl)c(Cl)c(N)c2Cl)cc1. The maximum absolute atomic E-state index is 12.0. The molecule has 0 spiro atoms. The van der Waals surface area contributed by atoms with Gasteiger partial charge in [0.15, 0.2) is 10.8 Å². The first kappa shape index (κ1) is 17.5. The van der Waals surface area contributed by atoms with Crippen LogP contribution in [-0.4, -0.2) is 17.1 Å². The molecule has 0 aliphatic rings. The fraction of sp³-hybridized carbons (Fsp3) is 0.133. The molecule has 8 heteroatoms. The number of carbonyl (C=O) groups is 1. The summed E-state index contributed by atoms with van der Waals surface area (Å²) in [5.41, 5.74) is 9.89. The van der Waals surface area contributed by atoms with Gasteiger partial charge in [-0.3, -0.25) is 4.79 Å². The maximum Gasteiger partial charge on any atom is 0.291 e. The Labute approximate surface area is 148 Å². The number of aryl methyl sites for hydroxylation is 1. The number of nitrogens with zero attached hydrogens (tertiary/aromatic N) is 2. The molecular weight excluding hydrogens is 359 g/mol. The van der Waals surface area contributed by atoms with Gasteiger partial charge < -0.3 is 5.73 Å². The van der Waals surface area contributed by atoms with Crippen LogP contribution >= 0.6 is 34.8 Å². The van der Waals surface area contributed by atoms with Crippen molar-refractivity contribution in [1.82, 2.24) is 10.4 Å². The summed E-state index contributed by atoms with van der Waals surface area (Å²) >= 11 is 17.5. The molecule has 3 N–H and O–H groups in total. The molecule has 2 aromatic rings. The first-order valence-corrected chi connectivity index (χ1v) is 7.79. The Balaban J connectivity index is 2.11. The summed E-state index contributed by atoms with van der Waals surface area (Å²) < 4.78 is 0. The van der Waals surface area contributed by atoms with Crippen molar-refractivity contribution in [3.63, 3.8) is 0 Å². The number of anilines is 1. The van der Waals surface area contributed by atoms with Crippen LogP contribution < -0.4 is 11.2 Å². The number of nitrogens with two attached hydrogens (primary N) is 1. The third kappa shape index (κ3) is 4.13. The van der Waals surface area contributed by atoms with E-state index in [4.69, 9.17) is 40.5 Å². The number of hydrazone groups is 1. The zero-order valence-corrected chi connectivity index (χ0v) is 14.4. The zero-order chi connectivity index (χ0) is 17.0. The van der Waals surface area contributed by atoms with Gasteiger partial charge in [0, 0.05) is 0 Å². The minimum absolute atomic E-state index is 0.00221. The molecule has 0 bridgehead atoms. The highest BCUT2D eigenvalue weighted by atomic mass is 35.5. The Morgan fingerprint density at radius 3 is 2.52 bits per heavy atom. The van der Waals surface area contributed by atoms with Crippen LogP contribution in [0.1, 0.15) is 28.5 Å². The lowest BCUT2D eigenvalue weighted by atomic mass is 10.1. The molecule has 120 valence electrons. The van der Waals surface area contributed by atoms with Crippen molar-refractivity contribution < 1.29 is 4.79 Å². The van der Waals surface area contributed by atoms with E-state index in [0.29, 0.717) is 0 Å². The van der Waals surface area contributed by atoms with Crippen molar-refractivity contribution in [2.24, 2.45) is 5.10 Å². The summed E-state index contributed by atoms with van der Waals surface area (Å²) in [5.74, 6) is -0.637. The minimum atomic E-state index is -0.637. The molecule has 1 amide bonds. The molecule has 0 saturated carbocycles. The van der Waals surface area contributed by atoms with Gasteiger partial charge in [0.2, 0.25) is 0 Å². The molecule has 2 rings (SSSR count). The van der Waals surface area contributed by atoms with Gasteiger partial charge >= 0.3 is 0 Å².